The Kier molecular flexibility index (Phi) is 4.90. The van der Waals surface area contributed by atoms with Crippen LogP contribution in [0.3, 0.4) is 0 Å². The Morgan fingerprint density at radius 1 is 1.18 bits per heavy atom. The van der Waals surface area contributed by atoms with Crippen molar-refractivity contribution in [1.29, 1.82) is 0 Å². The molecule has 2 unspecified atom stereocenters. The van der Waals surface area contributed by atoms with Gasteiger partial charge in [0, 0.05) is 5.69 Å². The van der Waals surface area contributed by atoms with E-state index in [0.717, 1.165) is 16.0 Å². The first kappa shape index (κ1) is 16.5. The summed E-state index contributed by atoms with van der Waals surface area (Å²) < 4.78 is 0. The van der Waals surface area contributed by atoms with Gasteiger partial charge in [-0.1, -0.05) is 12.1 Å². The Bertz CT molecular complexity index is 610. The number of nitrogens with zero attached hydrogens (tertiary/aromatic N) is 1. The molecule has 1 N–H and O–H groups in total. The topological polar surface area (TPSA) is 66.5 Å². The highest BCUT2D eigenvalue weighted by molar-refractivity contribution is 8.02. The van der Waals surface area contributed by atoms with Crippen LogP contribution in [0, 0.1) is 13.8 Å². The summed E-state index contributed by atoms with van der Waals surface area (Å²) in [6.07, 6.45) is 0. The average Bonchev–Trinajstić information content (AvgIpc) is 2.46. The molecule has 0 radical (unpaired) electrons. The number of amides is 3. The second-order valence-electron chi connectivity index (χ2n) is 5.48. The Morgan fingerprint density at radius 3 is 2.36 bits per heavy atom. The van der Waals surface area contributed by atoms with Crippen LogP contribution in [0.15, 0.2) is 18.2 Å². The fourth-order valence-electron chi connectivity index (χ4n) is 2.35. The molecule has 0 spiro atoms. The summed E-state index contributed by atoms with van der Waals surface area (Å²) in [6.45, 7) is 7.16. The zero-order valence-corrected chi connectivity index (χ0v) is 14.0. The monoisotopic (exact) mass is 320 g/mol. The molecule has 1 aliphatic heterocycles. The standard InChI is InChI=1S/C16H20N2O3S/c1-9-6-5-7-13(10(9)2)17-14(19)8-18-15(20)11(3)22-12(4)16(18)21/h5-7,11-12H,8H2,1-4H3,(H,17,19). The number of hydrogen-bond donors (Lipinski definition) is 1. The van der Waals surface area contributed by atoms with E-state index in [9.17, 15) is 14.4 Å². The van der Waals surface area contributed by atoms with Crippen molar-refractivity contribution in [1.82, 2.24) is 4.90 Å². The fourth-order valence-corrected chi connectivity index (χ4v) is 3.45. The zero-order chi connectivity index (χ0) is 16.4. The highest BCUT2D eigenvalue weighted by Gasteiger charge is 2.38. The van der Waals surface area contributed by atoms with Crippen molar-refractivity contribution in [3.8, 4) is 0 Å². The summed E-state index contributed by atoms with van der Waals surface area (Å²) in [5.41, 5.74) is 2.75. The van der Waals surface area contributed by atoms with Gasteiger partial charge in [0.25, 0.3) is 0 Å². The smallest absolute Gasteiger partial charge is 0.244 e. The van der Waals surface area contributed by atoms with Gasteiger partial charge in [-0.05, 0) is 44.9 Å². The van der Waals surface area contributed by atoms with E-state index in [1.807, 2.05) is 26.0 Å². The number of imide groups is 1. The van der Waals surface area contributed by atoms with Crippen molar-refractivity contribution < 1.29 is 14.4 Å². The van der Waals surface area contributed by atoms with E-state index in [0.29, 0.717) is 5.69 Å². The van der Waals surface area contributed by atoms with E-state index >= 15 is 0 Å². The molecule has 2 rings (SSSR count). The number of aryl methyl sites for hydroxylation is 1. The minimum atomic E-state index is -0.360. The third-order valence-electron chi connectivity index (χ3n) is 3.82. The number of rotatable bonds is 3. The summed E-state index contributed by atoms with van der Waals surface area (Å²) in [5, 5.41) is 2.17. The Hall–Kier alpha value is -1.82. The molecule has 0 aliphatic carbocycles. The highest BCUT2D eigenvalue weighted by atomic mass is 32.2. The third-order valence-corrected chi connectivity index (χ3v) is 5.04. The first-order chi connectivity index (χ1) is 10.3. The molecule has 22 heavy (non-hydrogen) atoms. The number of nitrogens with one attached hydrogen (secondary N) is 1. The van der Waals surface area contributed by atoms with Gasteiger partial charge in [-0.25, -0.2) is 0 Å². The van der Waals surface area contributed by atoms with Crippen molar-refractivity contribution >= 4 is 35.2 Å². The SMILES string of the molecule is Cc1cccc(NC(=O)CN2C(=O)C(C)SC(C)C2=O)c1C. The van der Waals surface area contributed by atoms with Crippen LogP contribution in [0.5, 0.6) is 0 Å². The van der Waals surface area contributed by atoms with Crippen LogP contribution in [-0.2, 0) is 14.4 Å². The maximum Gasteiger partial charge on any atom is 0.244 e. The van der Waals surface area contributed by atoms with Gasteiger partial charge in [-0.2, -0.15) is 0 Å². The molecule has 1 saturated heterocycles. The summed E-state index contributed by atoms with van der Waals surface area (Å²) >= 11 is 1.32. The maximum absolute atomic E-state index is 12.2. The molecule has 1 aromatic rings. The zero-order valence-electron chi connectivity index (χ0n) is 13.2. The summed E-state index contributed by atoms with van der Waals surface area (Å²) in [5.74, 6) is -0.963. The van der Waals surface area contributed by atoms with E-state index in [4.69, 9.17) is 0 Å². The summed E-state index contributed by atoms with van der Waals surface area (Å²) in [6, 6.07) is 5.63. The molecule has 118 valence electrons. The fraction of sp³-hybridized carbons (Fsp3) is 0.438. The lowest BCUT2D eigenvalue weighted by atomic mass is 10.1. The molecular weight excluding hydrogens is 300 g/mol. The Balaban J connectivity index is 2.09. The van der Waals surface area contributed by atoms with E-state index in [1.54, 1.807) is 19.9 Å². The minimum absolute atomic E-state index is 0.236. The lowest BCUT2D eigenvalue weighted by molar-refractivity contribution is -0.147. The Labute approximate surface area is 134 Å². The predicted octanol–water partition coefficient (Wildman–Crippen LogP) is 2.12. The van der Waals surface area contributed by atoms with E-state index in [2.05, 4.69) is 5.32 Å². The van der Waals surface area contributed by atoms with Crippen LogP contribution in [0.2, 0.25) is 0 Å². The van der Waals surface area contributed by atoms with Crippen molar-refractivity contribution in [3.05, 3.63) is 29.3 Å². The Morgan fingerprint density at radius 2 is 1.77 bits per heavy atom. The highest BCUT2D eigenvalue weighted by Crippen LogP contribution is 2.27. The first-order valence-electron chi connectivity index (χ1n) is 7.18. The van der Waals surface area contributed by atoms with Crippen LogP contribution in [-0.4, -0.2) is 39.7 Å². The molecule has 1 fully saturated rings. The normalized spacial score (nSPS) is 21.9. The maximum atomic E-state index is 12.2. The van der Waals surface area contributed by atoms with Crippen LogP contribution in [0.1, 0.15) is 25.0 Å². The summed E-state index contributed by atoms with van der Waals surface area (Å²) in [4.78, 5) is 37.4. The second-order valence-corrected chi connectivity index (χ2v) is 7.17. The number of thioether (sulfide) groups is 1. The summed E-state index contributed by atoms with van der Waals surface area (Å²) in [7, 11) is 0. The minimum Gasteiger partial charge on any atom is -0.324 e. The number of carbonyl (C=O) groups excluding carboxylic acids is 3. The number of anilines is 1. The molecule has 5 nitrogen and oxygen atoms in total. The van der Waals surface area contributed by atoms with Gasteiger partial charge in [0.1, 0.15) is 6.54 Å². The van der Waals surface area contributed by atoms with Crippen molar-refractivity contribution in [3.63, 3.8) is 0 Å². The van der Waals surface area contributed by atoms with Crippen molar-refractivity contribution in [2.75, 3.05) is 11.9 Å². The van der Waals surface area contributed by atoms with Crippen molar-refractivity contribution in [2.45, 2.75) is 38.2 Å². The molecule has 0 saturated carbocycles. The van der Waals surface area contributed by atoms with Gasteiger partial charge in [0.15, 0.2) is 0 Å². The molecule has 0 bridgehead atoms. The first-order valence-corrected chi connectivity index (χ1v) is 8.12. The molecule has 3 amide bonds. The molecule has 0 aromatic heterocycles. The number of hydrogen-bond acceptors (Lipinski definition) is 4. The molecule has 1 heterocycles. The lowest BCUT2D eigenvalue weighted by Gasteiger charge is -2.31. The van der Waals surface area contributed by atoms with Gasteiger partial charge in [0.05, 0.1) is 10.5 Å². The van der Waals surface area contributed by atoms with Gasteiger partial charge < -0.3 is 5.32 Å². The molecule has 6 heteroatoms. The van der Waals surface area contributed by atoms with Gasteiger partial charge in [-0.15, -0.1) is 11.8 Å². The lowest BCUT2D eigenvalue weighted by Crippen LogP contribution is -2.52. The average molecular weight is 320 g/mol. The van der Waals surface area contributed by atoms with Crippen LogP contribution >= 0.6 is 11.8 Å². The molecule has 1 aliphatic rings. The van der Waals surface area contributed by atoms with Crippen LogP contribution in [0.4, 0.5) is 5.69 Å². The number of carbonyl (C=O) groups is 3. The molecule has 2 atom stereocenters. The quantitative estimate of drug-likeness (QED) is 0.866. The predicted molar refractivity (Wildman–Crippen MR) is 87.8 cm³/mol. The van der Waals surface area contributed by atoms with Gasteiger partial charge >= 0.3 is 0 Å². The van der Waals surface area contributed by atoms with Gasteiger partial charge in [-0.3, -0.25) is 19.3 Å². The van der Waals surface area contributed by atoms with Crippen molar-refractivity contribution in [2.24, 2.45) is 0 Å². The largest absolute Gasteiger partial charge is 0.324 e. The van der Waals surface area contributed by atoms with Gasteiger partial charge in [0.2, 0.25) is 17.7 Å². The number of benzene rings is 1. The van der Waals surface area contributed by atoms with E-state index in [1.165, 1.54) is 11.8 Å². The van der Waals surface area contributed by atoms with E-state index in [-0.39, 0.29) is 34.8 Å². The molecular formula is C16H20N2O3S. The second kappa shape index (κ2) is 6.52. The molecule has 1 aromatic carbocycles. The van der Waals surface area contributed by atoms with E-state index < -0.39 is 0 Å². The van der Waals surface area contributed by atoms with Crippen LogP contribution in [0.25, 0.3) is 0 Å². The third kappa shape index (κ3) is 3.32. The van der Waals surface area contributed by atoms with Crippen LogP contribution < -0.4 is 5.32 Å².